The minimum Gasteiger partial charge on any atom is -0.894 e. The molecule has 0 bridgehead atoms. The molecule has 0 amide bonds. The molecule has 0 aliphatic rings. The zero-order chi connectivity index (χ0) is 9.00. The van der Waals surface area contributed by atoms with Gasteiger partial charge in [-0.2, -0.15) is 0 Å². The van der Waals surface area contributed by atoms with Crippen molar-refractivity contribution in [3.63, 3.8) is 0 Å². The molecule has 14 heavy (non-hydrogen) atoms. The van der Waals surface area contributed by atoms with Gasteiger partial charge in [0.05, 0.1) is 0 Å². The standard InChI is InChI=1S/Al.Mg.H3O4Si.O4Si.2H2O/c;;2*1-5(2,3)4;;/h;;1-3H;;2*1H2/q+3;+2;-1;-4;;. The van der Waals surface area contributed by atoms with Crippen molar-refractivity contribution in [2.45, 2.75) is 0 Å². The van der Waals surface area contributed by atoms with Crippen LogP contribution < -0.4 is 24.0 Å². The Morgan fingerprint density at radius 2 is 0.714 bits per heavy atom. The maximum Gasteiger partial charge on any atom is 3.00 e. The van der Waals surface area contributed by atoms with Crippen molar-refractivity contribution in [2.24, 2.45) is 0 Å². The molecule has 0 unspecified atom stereocenters. The molecule has 14 heteroatoms. The van der Waals surface area contributed by atoms with Gasteiger partial charge in [0.25, 0.3) is 0 Å². The quantitative estimate of drug-likeness (QED) is 0.357. The second-order valence-electron chi connectivity index (χ2n) is 1.07. The molecule has 0 saturated heterocycles. The number of hydrogen-bond donors (Lipinski definition) is 3. The maximum absolute atomic E-state index is 8.91. The zero-order valence-corrected chi connectivity index (χ0v) is 11.2. The fourth-order valence-corrected chi connectivity index (χ4v) is 0. The topological polar surface area (TPSA) is 239 Å². The zero-order valence-electron chi connectivity index (χ0n) is 6.67. The van der Waals surface area contributed by atoms with E-state index < -0.39 is 18.1 Å². The smallest absolute Gasteiger partial charge is 0.894 e. The van der Waals surface area contributed by atoms with Crippen molar-refractivity contribution in [1.82, 2.24) is 0 Å². The minimum atomic E-state index is -5.61. The summed E-state index contributed by atoms with van der Waals surface area (Å²) < 4.78 is 0. The number of hydrogen-bond acceptors (Lipinski definition) is 8. The van der Waals surface area contributed by atoms with Crippen LogP contribution in [0.3, 0.4) is 0 Å². The van der Waals surface area contributed by atoms with Gasteiger partial charge in [-0.25, -0.2) is 0 Å². The predicted molar refractivity (Wildman–Crippen MR) is 36.9 cm³/mol. The van der Waals surface area contributed by atoms with E-state index >= 15 is 0 Å². The molecule has 0 heterocycles. The summed E-state index contributed by atoms with van der Waals surface area (Å²) in [6.07, 6.45) is 0. The first-order valence-electron chi connectivity index (χ1n) is 1.69. The van der Waals surface area contributed by atoms with Gasteiger partial charge in [-0.1, -0.05) is 0 Å². The van der Waals surface area contributed by atoms with Crippen LogP contribution >= 0.6 is 0 Å². The molecular formula is H7AlMgO10Si2. The Morgan fingerprint density at radius 1 is 0.714 bits per heavy atom. The molecule has 0 spiro atoms. The second kappa shape index (κ2) is 14.3. The van der Waals surface area contributed by atoms with Gasteiger partial charge in [0, 0.05) is 0 Å². The van der Waals surface area contributed by atoms with Gasteiger partial charge in [0.2, 0.25) is 0 Å². The maximum atomic E-state index is 8.91. The summed E-state index contributed by atoms with van der Waals surface area (Å²) in [7, 11) is -10.5. The summed E-state index contributed by atoms with van der Waals surface area (Å²) in [5, 5.41) is 0. The average Bonchev–Trinajstić information content (AvgIpc) is 1.12. The van der Waals surface area contributed by atoms with E-state index in [0.717, 1.165) is 0 Å². The van der Waals surface area contributed by atoms with E-state index in [1.54, 1.807) is 0 Å². The van der Waals surface area contributed by atoms with Gasteiger partial charge < -0.3 is 58.4 Å². The van der Waals surface area contributed by atoms with Crippen LogP contribution in [0, 0.1) is 0 Å². The molecule has 80 valence electrons. The van der Waals surface area contributed by atoms with Gasteiger partial charge in [0.15, 0.2) is 0 Å². The summed E-state index contributed by atoms with van der Waals surface area (Å²) >= 11 is 0. The van der Waals surface area contributed by atoms with Crippen LogP contribution in [0.25, 0.3) is 0 Å². The molecule has 0 rings (SSSR count). The fourth-order valence-electron chi connectivity index (χ4n) is 0. The molecule has 7 N–H and O–H groups in total. The fraction of sp³-hybridized carbons (Fsp3) is 0. The van der Waals surface area contributed by atoms with Gasteiger partial charge in [-0.15, -0.1) is 0 Å². The second-order valence-corrected chi connectivity index (χ2v) is 3.22. The van der Waals surface area contributed by atoms with Crippen LogP contribution in [0.2, 0.25) is 0 Å². The van der Waals surface area contributed by atoms with Crippen LogP contribution in [0.15, 0.2) is 0 Å². The first kappa shape index (κ1) is 36.2. The van der Waals surface area contributed by atoms with Crippen LogP contribution in [-0.4, -0.2) is 83.8 Å². The summed E-state index contributed by atoms with van der Waals surface area (Å²) in [5.41, 5.74) is 0. The molecule has 0 saturated carbocycles. The van der Waals surface area contributed by atoms with E-state index in [4.69, 9.17) is 38.4 Å². The third-order valence-corrected chi connectivity index (χ3v) is 0. The van der Waals surface area contributed by atoms with E-state index in [0.29, 0.717) is 0 Å². The Balaban J connectivity index is -0.0000000178. The Labute approximate surface area is 108 Å². The van der Waals surface area contributed by atoms with E-state index in [1.165, 1.54) is 0 Å². The van der Waals surface area contributed by atoms with Crippen molar-refractivity contribution in [2.75, 3.05) is 0 Å². The van der Waals surface area contributed by atoms with Crippen LogP contribution in [0.4, 0.5) is 0 Å². The third-order valence-electron chi connectivity index (χ3n) is 0. The minimum absolute atomic E-state index is 0. The molecule has 0 fully saturated rings. The summed E-state index contributed by atoms with van der Waals surface area (Å²) in [5.74, 6) is 0. The van der Waals surface area contributed by atoms with E-state index in [9.17, 15) is 0 Å². The summed E-state index contributed by atoms with van der Waals surface area (Å²) in [4.78, 5) is 64.9. The third kappa shape index (κ3) is 1140. The first-order valence-corrected chi connectivity index (χ1v) is 5.07. The SMILES string of the molecule is O.O.[Al+3].[Mg+2].[O-][Si](O)(O)O.[O-][Si]([O-])([O-])[O-]. The molecule has 0 aliphatic carbocycles. The summed E-state index contributed by atoms with van der Waals surface area (Å²) in [6.45, 7) is 0. The van der Waals surface area contributed by atoms with Crippen molar-refractivity contribution in [1.29, 1.82) is 0 Å². The predicted octanol–water partition coefficient (Wildman–Crippen LogP) is -10.8. The molecule has 10 nitrogen and oxygen atoms in total. The van der Waals surface area contributed by atoms with Crippen molar-refractivity contribution in [3.05, 3.63) is 0 Å². The Bertz CT molecular complexity index is 61.1. The molecular weight excluding hydrogens is 267 g/mol. The monoisotopic (exact) mass is 274 g/mol. The molecule has 0 atom stereocenters. The molecule has 0 aliphatic heterocycles. The van der Waals surface area contributed by atoms with Crippen molar-refractivity contribution in [3.8, 4) is 0 Å². The Morgan fingerprint density at radius 3 is 0.714 bits per heavy atom. The van der Waals surface area contributed by atoms with Gasteiger partial charge in [0.1, 0.15) is 0 Å². The van der Waals surface area contributed by atoms with Gasteiger partial charge >= 0.3 is 49.5 Å². The van der Waals surface area contributed by atoms with Gasteiger partial charge in [-0.3, -0.25) is 0 Å². The number of rotatable bonds is 0. The van der Waals surface area contributed by atoms with Gasteiger partial charge in [-0.05, 0) is 0 Å². The Hall–Kier alpha value is 1.33. The molecule has 0 radical (unpaired) electrons. The normalized spacial score (nSPS) is 8.57. The van der Waals surface area contributed by atoms with Crippen LogP contribution in [-0.2, 0) is 0 Å². The molecule has 0 aromatic carbocycles. The first-order chi connectivity index (χ1) is 4.00. The van der Waals surface area contributed by atoms with Crippen LogP contribution in [0.5, 0.6) is 0 Å². The largest absolute Gasteiger partial charge is 3.00 e. The van der Waals surface area contributed by atoms with Crippen molar-refractivity contribution >= 4 is 58.5 Å². The molecule has 0 aromatic rings. The summed E-state index contributed by atoms with van der Waals surface area (Å²) in [6, 6.07) is 0. The van der Waals surface area contributed by atoms with E-state index in [2.05, 4.69) is 0 Å². The van der Waals surface area contributed by atoms with E-state index in [1.807, 2.05) is 0 Å². The average molecular weight is 275 g/mol. The van der Waals surface area contributed by atoms with Crippen LogP contribution in [0.1, 0.15) is 0 Å². The van der Waals surface area contributed by atoms with E-state index in [-0.39, 0.29) is 51.4 Å². The Kier molecular flexibility index (Phi) is 37.0. The van der Waals surface area contributed by atoms with Crippen molar-refractivity contribution < 1.29 is 49.3 Å². The molecule has 0 aromatic heterocycles.